The molecule has 1 aliphatic carbocycles. The number of dihydropyridines is 1. The molecule has 0 amide bonds. The van der Waals surface area contributed by atoms with Gasteiger partial charge in [-0.1, -0.05) is 127 Å². The summed E-state index contributed by atoms with van der Waals surface area (Å²) < 4.78 is 8.92. The molecular formula is C50H35N3O. The summed E-state index contributed by atoms with van der Waals surface area (Å²) in [7, 11) is 0. The fourth-order valence-electron chi connectivity index (χ4n) is 8.62. The van der Waals surface area contributed by atoms with Crippen molar-refractivity contribution in [2.24, 2.45) is 4.99 Å². The summed E-state index contributed by atoms with van der Waals surface area (Å²) in [6.07, 6.45) is 9.41. The number of pyridine rings is 1. The Labute approximate surface area is 313 Å². The number of allylic oxidation sites excluding steroid dienone is 2. The number of furan rings is 1. The summed E-state index contributed by atoms with van der Waals surface area (Å²) in [6, 6.07) is 54.2. The molecule has 256 valence electrons. The van der Waals surface area contributed by atoms with Crippen molar-refractivity contribution in [2.75, 3.05) is 0 Å². The molecule has 0 bridgehead atoms. The molecule has 1 unspecified atom stereocenters. The zero-order chi connectivity index (χ0) is 35.6. The van der Waals surface area contributed by atoms with Crippen LogP contribution in [0.2, 0.25) is 0 Å². The van der Waals surface area contributed by atoms with Crippen LogP contribution in [0.25, 0.3) is 72.3 Å². The molecule has 0 saturated heterocycles. The molecule has 4 nitrogen and oxygen atoms in total. The first-order valence-electron chi connectivity index (χ1n) is 18.8. The van der Waals surface area contributed by atoms with E-state index >= 15 is 0 Å². The van der Waals surface area contributed by atoms with Gasteiger partial charge in [0.15, 0.2) is 5.58 Å². The molecule has 9 aromatic rings. The van der Waals surface area contributed by atoms with E-state index in [1.54, 1.807) is 0 Å². The van der Waals surface area contributed by atoms with Crippen molar-refractivity contribution in [2.45, 2.75) is 25.3 Å². The fourth-order valence-corrected chi connectivity index (χ4v) is 8.62. The first kappa shape index (κ1) is 30.8. The van der Waals surface area contributed by atoms with E-state index in [0.717, 1.165) is 69.7 Å². The monoisotopic (exact) mass is 693 g/mol. The van der Waals surface area contributed by atoms with Crippen LogP contribution in [0.1, 0.15) is 46.9 Å². The maximum absolute atomic E-state index is 6.55. The van der Waals surface area contributed by atoms with Gasteiger partial charge in [0.2, 0.25) is 0 Å². The van der Waals surface area contributed by atoms with Crippen molar-refractivity contribution in [3.05, 3.63) is 192 Å². The SMILES string of the molecule is C1=Cc2oc3c(-c4ccc(C5=CC(c6ccccc6)=NC(c6ccc(-n7c8ccccc8c8ccccc87)cc6)C5)cc4)nc4ccccc4c3c2CC1. The quantitative estimate of drug-likeness (QED) is 0.180. The van der Waals surface area contributed by atoms with E-state index in [1.165, 1.54) is 49.5 Å². The molecule has 2 aliphatic rings. The van der Waals surface area contributed by atoms with E-state index in [4.69, 9.17) is 14.4 Å². The van der Waals surface area contributed by atoms with E-state index in [0.29, 0.717) is 0 Å². The number of hydrogen-bond donors (Lipinski definition) is 0. The van der Waals surface area contributed by atoms with Crippen LogP contribution >= 0.6 is 0 Å². The minimum absolute atomic E-state index is 0.0173. The largest absolute Gasteiger partial charge is 0.454 e. The summed E-state index contributed by atoms with van der Waals surface area (Å²) >= 11 is 0. The van der Waals surface area contributed by atoms with Crippen molar-refractivity contribution < 1.29 is 4.42 Å². The Kier molecular flexibility index (Phi) is 7.09. The number of aryl methyl sites for hydroxylation is 1. The standard InChI is InChI=1S/C50H35N3O/c1-2-12-33(13-3-1)43-30-36(31-44(51-43)34-26-28-37(29-27-34)53-45-19-9-5-14-38(45)39-15-6-10-20-46(39)53)32-22-24-35(25-23-32)49-50-48(40-16-4-8-18-42(40)52-49)41-17-7-11-21-47(41)54-50/h1-6,8-16,18-30,44H,7,17,31H2. The first-order valence-corrected chi connectivity index (χ1v) is 18.8. The van der Waals surface area contributed by atoms with Gasteiger partial charge in [-0.15, -0.1) is 0 Å². The molecule has 1 aliphatic heterocycles. The van der Waals surface area contributed by atoms with Gasteiger partial charge in [-0.05, 0) is 84.0 Å². The summed E-state index contributed by atoms with van der Waals surface area (Å²) in [5.74, 6) is 0.960. The van der Waals surface area contributed by atoms with Gasteiger partial charge in [-0.2, -0.15) is 0 Å². The second kappa shape index (κ2) is 12.4. The van der Waals surface area contributed by atoms with Gasteiger partial charge >= 0.3 is 0 Å². The molecular weight excluding hydrogens is 659 g/mol. The predicted molar refractivity (Wildman–Crippen MR) is 223 cm³/mol. The Balaban J connectivity index is 0.966. The zero-order valence-electron chi connectivity index (χ0n) is 29.6. The van der Waals surface area contributed by atoms with Crippen LogP contribution in [0.5, 0.6) is 0 Å². The van der Waals surface area contributed by atoms with Gasteiger partial charge in [0, 0.05) is 38.4 Å². The number of rotatable bonds is 5. The van der Waals surface area contributed by atoms with Crippen LogP contribution in [0, 0.1) is 0 Å². The number of benzene rings is 6. The smallest absolute Gasteiger partial charge is 0.161 e. The third-order valence-corrected chi connectivity index (χ3v) is 11.2. The summed E-state index contributed by atoms with van der Waals surface area (Å²) in [5, 5.41) is 4.89. The maximum Gasteiger partial charge on any atom is 0.161 e. The Morgan fingerprint density at radius 3 is 2.04 bits per heavy atom. The zero-order valence-corrected chi connectivity index (χ0v) is 29.6. The molecule has 0 N–H and O–H groups in total. The summed E-state index contributed by atoms with van der Waals surface area (Å²) in [5.41, 5.74) is 14.5. The van der Waals surface area contributed by atoms with Crippen molar-refractivity contribution in [1.29, 1.82) is 0 Å². The van der Waals surface area contributed by atoms with E-state index in [-0.39, 0.29) is 6.04 Å². The number of aromatic nitrogens is 2. The number of para-hydroxylation sites is 3. The summed E-state index contributed by atoms with van der Waals surface area (Å²) in [4.78, 5) is 10.5. The number of aliphatic imine (C=N–C) groups is 1. The molecule has 4 heterocycles. The average molecular weight is 694 g/mol. The fraction of sp³-hybridized carbons (Fsp3) is 0.0800. The van der Waals surface area contributed by atoms with Crippen molar-refractivity contribution in [3.63, 3.8) is 0 Å². The Morgan fingerprint density at radius 2 is 1.28 bits per heavy atom. The van der Waals surface area contributed by atoms with Crippen molar-refractivity contribution in [3.8, 4) is 16.9 Å². The van der Waals surface area contributed by atoms with Gasteiger partial charge < -0.3 is 8.98 Å². The highest BCUT2D eigenvalue weighted by Crippen LogP contribution is 2.41. The number of nitrogens with zero attached hydrogens (tertiary/aromatic N) is 3. The lowest BCUT2D eigenvalue weighted by Crippen LogP contribution is -2.10. The van der Waals surface area contributed by atoms with Crippen molar-refractivity contribution in [1.82, 2.24) is 9.55 Å². The molecule has 1 atom stereocenters. The third kappa shape index (κ3) is 4.98. The molecule has 3 aromatic heterocycles. The topological polar surface area (TPSA) is 43.3 Å². The summed E-state index contributed by atoms with van der Waals surface area (Å²) in [6.45, 7) is 0. The Morgan fingerprint density at radius 1 is 0.611 bits per heavy atom. The Bertz CT molecular complexity index is 2940. The third-order valence-electron chi connectivity index (χ3n) is 11.2. The number of fused-ring (bicyclic) bond motifs is 8. The van der Waals surface area contributed by atoms with Crippen LogP contribution in [-0.4, -0.2) is 15.3 Å². The van der Waals surface area contributed by atoms with Crippen LogP contribution in [0.4, 0.5) is 0 Å². The average Bonchev–Trinajstić information content (AvgIpc) is 3.81. The van der Waals surface area contributed by atoms with Crippen LogP contribution in [0.15, 0.2) is 173 Å². The van der Waals surface area contributed by atoms with E-state index in [1.807, 2.05) is 0 Å². The number of hydrogen-bond acceptors (Lipinski definition) is 3. The Hall–Kier alpha value is -6.78. The lowest BCUT2D eigenvalue weighted by atomic mass is 9.89. The first-order chi connectivity index (χ1) is 26.8. The minimum atomic E-state index is -0.0173. The highest BCUT2D eigenvalue weighted by Gasteiger charge is 2.24. The minimum Gasteiger partial charge on any atom is -0.454 e. The van der Waals surface area contributed by atoms with E-state index in [9.17, 15) is 0 Å². The molecule has 0 spiro atoms. The van der Waals surface area contributed by atoms with Crippen LogP contribution in [0.3, 0.4) is 0 Å². The van der Waals surface area contributed by atoms with Gasteiger partial charge in [-0.3, -0.25) is 4.99 Å². The normalized spacial score (nSPS) is 15.5. The highest BCUT2D eigenvalue weighted by molar-refractivity contribution is 6.14. The molecule has 6 aromatic carbocycles. The molecule has 0 radical (unpaired) electrons. The van der Waals surface area contributed by atoms with E-state index in [2.05, 4.69) is 174 Å². The predicted octanol–water partition coefficient (Wildman–Crippen LogP) is 12.7. The molecule has 4 heteroatoms. The molecule has 0 saturated carbocycles. The lowest BCUT2D eigenvalue weighted by molar-refractivity contribution is 0.595. The molecule has 11 rings (SSSR count). The maximum atomic E-state index is 6.55. The second-order valence-corrected chi connectivity index (χ2v) is 14.4. The van der Waals surface area contributed by atoms with Gasteiger partial charge in [-0.25, -0.2) is 4.98 Å². The van der Waals surface area contributed by atoms with Gasteiger partial charge in [0.1, 0.15) is 11.5 Å². The lowest BCUT2D eigenvalue weighted by Gasteiger charge is -2.23. The van der Waals surface area contributed by atoms with Gasteiger partial charge in [0.25, 0.3) is 0 Å². The van der Waals surface area contributed by atoms with Crippen molar-refractivity contribution >= 4 is 61.0 Å². The van der Waals surface area contributed by atoms with Crippen LogP contribution < -0.4 is 0 Å². The molecule has 0 fully saturated rings. The van der Waals surface area contributed by atoms with E-state index < -0.39 is 0 Å². The van der Waals surface area contributed by atoms with Crippen LogP contribution in [-0.2, 0) is 6.42 Å². The second-order valence-electron chi connectivity index (χ2n) is 14.4. The molecule has 54 heavy (non-hydrogen) atoms. The van der Waals surface area contributed by atoms with Gasteiger partial charge in [0.05, 0.1) is 28.3 Å². The highest BCUT2D eigenvalue weighted by atomic mass is 16.3.